The van der Waals surface area contributed by atoms with E-state index in [0.717, 1.165) is 35.2 Å². The lowest BCUT2D eigenvalue weighted by atomic mass is 9.88. The summed E-state index contributed by atoms with van der Waals surface area (Å²) in [6.07, 6.45) is 6.08. The van der Waals surface area contributed by atoms with Crippen LogP contribution in [0.3, 0.4) is 0 Å². The SMILES string of the molecule is Cc1ccc(NC(=O)C(C)Sc2nnc(C3CCCCC3)n2-c2ccccc2)cc1. The van der Waals surface area contributed by atoms with Gasteiger partial charge in [-0.15, -0.1) is 10.2 Å². The Bertz CT molecular complexity index is 978. The molecule has 1 unspecified atom stereocenters. The Morgan fingerprint density at radius 2 is 1.73 bits per heavy atom. The molecule has 2 aromatic carbocycles. The highest BCUT2D eigenvalue weighted by Gasteiger charge is 2.26. The van der Waals surface area contributed by atoms with E-state index in [1.165, 1.54) is 36.6 Å². The zero-order valence-corrected chi connectivity index (χ0v) is 18.4. The van der Waals surface area contributed by atoms with E-state index in [0.29, 0.717) is 5.92 Å². The minimum absolute atomic E-state index is 0.0364. The van der Waals surface area contributed by atoms with E-state index in [4.69, 9.17) is 0 Å². The number of benzene rings is 2. The molecule has 30 heavy (non-hydrogen) atoms. The maximum Gasteiger partial charge on any atom is 0.237 e. The molecule has 1 aliphatic carbocycles. The summed E-state index contributed by atoms with van der Waals surface area (Å²) in [4.78, 5) is 12.8. The Balaban J connectivity index is 1.56. The molecule has 0 spiro atoms. The molecule has 0 aliphatic heterocycles. The van der Waals surface area contributed by atoms with Gasteiger partial charge in [0.2, 0.25) is 5.91 Å². The van der Waals surface area contributed by atoms with Crippen molar-refractivity contribution in [1.29, 1.82) is 0 Å². The van der Waals surface area contributed by atoms with Crippen LogP contribution in [0.15, 0.2) is 59.8 Å². The number of hydrogen-bond donors (Lipinski definition) is 1. The van der Waals surface area contributed by atoms with E-state index in [9.17, 15) is 4.79 Å². The Kier molecular flexibility index (Phi) is 6.53. The average Bonchev–Trinajstić information content (AvgIpc) is 3.20. The van der Waals surface area contributed by atoms with Gasteiger partial charge in [0.25, 0.3) is 0 Å². The van der Waals surface area contributed by atoms with E-state index >= 15 is 0 Å². The number of nitrogens with zero attached hydrogens (tertiary/aromatic N) is 3. The van der Waals surface area contributed by atoms with E-state index < -0.39 is 0 Å². The Morgan fingerprint density at radius 1 is 1.03 bits per heavy atom. The van der Waals surface area contributed by atoms with Crippen LogP contribution in [0, 0.1) is 6.92 Å². The van der Waals surface area contributed by atoms with E-state index in [-0.39, 0.29) is 11.2 Å². The second kappa shape index (κ2) is 9.47. The highest BCUT2D eigenvalue weighted by molar-refractivity contribution is 8.00. The fraction of sp³-hybridized carbons (Fsp3) is 0.375. The van der Waals surface area contributed by atoms with Gasteiger partial charge in [0, 0.05) is 17.3 Å². The molecule has 0 saturated heterocycles. The quantitative estimate of drug-likeness (QED) is 0.516. The van der Waals surface area contributed by atoms with Crippen LogP contribution in [0.2, 0.25) is 0 Å². The van der Waals surface area contributed by atoms with Crippen molar-refractivity contribution in [2.24, 2.45) is 0 Å². The lowest BCUT2D eigenvalue weighted by Crippen LogP contribution is -2.23. The number of thioether (sulfide) groups is 1. The maximum atomic E-state index is 12.8. The Labute approximate surface area is 182 Å². The van der Waals surface area contributed by atoms with Gasteiger partial charge in [-0.2, -0.15) is 0 Å². The molecule has 6 heteroatoms. The molecule has 1 N–H and O–H groups in total. The molecule has 156 valence electrons. The molecule has 1 atom stereocenters. The highest BCUT2D eigenvalue weighted by atomic mass is 32.2. The van der Waals surface area contributed by atoms with Crippen molar-refractivity contribution in [2.75, 3.05) is 5.32 Å². The van der Waals surface area contributed by atoms with Crippen molar-refractivity contribution >= 4 is 23.4 Å². The monoisotopic (exact) mass is 420 g/mol. The van der Waals surface area contributed by atoms with Gasteiger partial charge < -0.3 is 5.32 Å². The maximum absolute atomic E-state index is 12.8. The first-order valence-corrected chi connectivity index (χ1v) is 11.5. The van der Waals surface area contributed by atoms with Crippen LogP contribution >= 0.6 is 11.8 Å². The fourth-order valence-electron chi connectivity index (χ4n) is 3.89. The predicted octanol–water partition coefficient (Wildman–Crippen LogP) is 5.74. The van der Waals surface area contributed by atoms with Gasteiger partial charge in [-0.25, -0.2) is 0 Å². The number of aryl methyl sites for hydroxylation is 1. The van der Waals surface area contributed by atoms with Gasteiger partial charge in [0.1, 0.15) is 5.82 Å². The molecule has 3 aromatic rings. The van der Waals surface area contributed by atoms with Crippen LogP contribution in [-0.2, 0) is 4.79 Å². The third kappa shape index (κ3) is 4.75. The summed E-state index contributed by atoms with van der Waals surface area (Å²) in [7, 11) is 0. The van der Waals surface area contributed by atoms with Crippen molar-refractivity contribution < 1.29 is 4.79 Å². The zero-order valence-electron chi connectivity index (χ0n) is 17.5. The second-order valence-electron chi connectivity index (χ2n) is 7.96. The molecular formula is C24H28N4OS. The summed E-state index contributed by atoms with van der Waals surface area (Å²) < 4.78 is 2.15. The summed E-state index contributed by atoms with van der Waals surface area (Å²) in [5.74, 6) is 1.41. The average molecular weight is 421 g/mol. The smallest absolute Gasteiger partial charge is 0.237 e. The lowest BCUT2D eigenvalue weighted by Gasteiger charge is -2.22. The number of aromatic nitrogens is 3. The van der Waals surface area contributed by atoms with Gasteiger partial charge in [0.15, 0.2) is 5.16 Å². The Morgan fingerprint density at radius 3 is 2.43 bits per heavy atom. The molecular weight excluding hydrogens is 392 g/mol. The standard InChI is InChI=1S/C24H28N4OS/c1-17-13-15-20(16-14-17)25-23(29)18(2)30-24-27-26-22(19-9-5-3-6-10-19)28(24)21-11-7-4-8-12-21/h4,7-8,11-16,18-19H,3,5-6,9-10H2,1-2H3,(H,25,29). The number of nitrogens with one attached hydrogen (secondary N) is 1. The number of amides is 1. The van der Waals surface area contributed by atoms with Crippen molar-refractivity contribution in [3.05, 3.63) is 66.0 Å². The third-order valence-electron chi connectivity index (χ3n) is 5.61. The summed E-state index contributed by atoms with van der Waals surface area (Å²) in [6, 6.07) is 18.1. The zero-order chi connectivity index (χ0) is 20.9. The van der Waals surface area contributed by atoms with Crippen LogP contribution in [0.5, 0.6) is 0 Å². The molecule has 1 saturated carbocycles. The van der Waals surface area contributed by atoms with Crippen LogP contribution in [0.25, 0.3) is 5.69 Å². The minimum atomic E-state index is -0.294. The summed E-state index contributed by atoms with van der Waals surface area (Å²) >= 11 is 1.46. The number of rotatable bonds is 6. The van der Waals surface area contributed by atoms with E-state index in [1.54, 1.807) is 0 Å². The summed E-state index contributed by atoms with van der Waals surface area (Å²) in [6.45, 7) is 3.95. The van der Waals surface area contributed by atoms with Crippen LogP contribution < -0.4 is 5.32 Å². The van der Waals surface area contributed by atoms with E-state index in [2.05, 4.69) is 32.2 Å². The lowest BCUT2D eigenvalue weighted by molar-refractivity contribution is -0.115. The fourth-order valence-corrected chi connectivity index (χ4v) is 4.77. The predicted molar refractivity (Wildman–Crippen MR) is 122 cm³/mol. The van der Waals surface area contributed by atoms with Gasteiger partial charge in [-0.3, -0.25) is 9.36 Å². The molecule has 1 heterocycles. The van der Waals surface area contributed by atoms with Crippen LogP contribution in [0.1, 0.15) is 56.3 Å². The van der Waals surface area contributed by atoms with Crippen LogP contribution in [-0.4, -0.2) is 25.9 Å². The highest BCUT2D eigenvalue weighted by Crippen LogP contribution is 2.35. The minimum Gasteiger partial charge on any atom is -0.325 e. The van der Waals surface area contributed by atoms with Gasteiger partial charge in [0.05, 0.1) is 5.25 Å². The van der Waals surface area contributed by atoms with Gasteiger partial charge in [-0.05, 0) is 51.0 Å². The number of anilines is 1. The number of carbonyl (C=O) groups excluding carboxylic acids is 1. The molecule has 4 rings (SSSR count). The first-order valence-electron chi connectivity index (χ1n) is 10.7. The second-order valence-corrected chi connectivity index (χ2v) is 9.27. The molecule has 0 radical (unpaired) electrons. The van der Waals surface area contributed by atoms with Gasteiger partial charge >= 0.3 is 0 Å². The molecule has 1 fully saturated rings. The number of carbonyl (C=O) groups is 1. The van der Waals surface area contributed by atoms with Crippen molar-refractivity contribution in [3.63, 3.8) is 0 Å². The Hall–Kier alpha value is -2.60. The number of hydrogen-bond acceptors (Lipinski definition) is 4. The number of para-hydroxylation sites is 1. The third-order valence-corrected chi connectivity index (χ3v) is 6.66. The van der Waals surface area contributed by atoms with Crippen LogP contribution in [0.4, 0.5) is 5.69 Å². The van der Waals surface area contributed by atoms with Gasteiger partial charge in [-0.1, -0.05) is 66.9 Å². The first kappa shape index (κ1) is 20.7. The normalized spacial score (nSPS) is 15.7. The molecule has 0 bridgehead atoms. The van der Waals surface area contributed by atoms with Crippen molar-refractivity contribution in [1.82, 2.24) is 14.8 Å². The van der Waals surface area contributed by atoms with E-state index in [1.807, 2.05) is 56.3 Å². The molecule has 1 amide bonds. The topological polar surface area (TPSA) is 59.8 Å². The molecule has 1 aliphatic rings. The van der Waals surface area contributed by atoms with Crippen molar-refractivity contribution in [2.45, 2.75) is 62.3 Å². The molecule has 1 aromatic heterocycles. The summed E-state index contributed by atoms with van der Waals surface area (Å²) in [5.41, 5.74) is 3.03. The first-order chi connectivity index (χ1) is 14.6. The van der Waals surface area contributed by atoms with Crippen molar-refractivity contribution in [3.8, 4) is 5.69 Å². The molecule has 5 nitrogen and oxygen atoms in total. The largest absolute Gasteiger partial charge is 0.325 e. The summed E-state index contributed by atoms with van der Waals surface area (Å²) in [5, 5.41) is 12.6.